The minimum absolute atomic E-state index is 0.00736. The molecule has 0 saturated carbocycles. The van der Waals surface area contributed by atoms with E-state index in [0.717, 1.165) is 11.3 Å². The fourth-order valence-corrected chi connectivity index (χ4v) is 1.50. The van der Waals surface area contributed by atoms with E-state index in [1.54, 1.807) is 30.3 Å². The largest absolute Gasteiger partial charge is 0.392 e. The first-order valence-corrected chi connectivity index (χ1v) is 4.63. The van der Waals surface area contributed by atoms with Crippen LogP contribution in [0.4, 0.5) is 5.69 Å². The minimum Gasteiger partial charge on any atom is -0.392 e. The lowest BCUT2D eigenvalue weighted by atomic mass is 10.2. The minimum atomic E-state index is -0.0863. The van der Waals surface area contributed by atoms with E-state index in [1.165, 1.54) is 11.0 Å². The summed E-state index contributed by atoms with van der Waals surface area (Å²) >= 11 is 0. The molecule has 1 N–H and O–H groups in total. The Kier molecular flexibility index (Phi) is 2.39. The van der Waals surface area contributed by atoms with Crippen molar-refractivity contribution >= 4 is 11.6 Å². The number of hydrogen-bond donors (Lipinski definition) is 1. The second-order valence-electron chi connectivity index (χ2n) is 3.32. The number of anilines is 1. The van der Waals surface area contributed by atoms with Crippen molar-refractivity contribution in [3.8, 4) is 0 Å². The van der Waals surface area contributed by atoms with Gasteiger partial charge in [-0.25, -0.2) is 0 Å². The van der Waals surface area contributed by atoms with Crippen molar-refractivity contribution in [1.82, 2.24) is 0 Å². The molecule has 1 aliphatic rings. The quantitative estimate of drug-likeness (QED) is 0.789. The van der Waals surface area contributed by atoms with Crippen molar-refractivity contribution in [2.24, 2.45) is 0 Å². The predicted octanol–water partition coefficient (Wildman–Crippen LogP) is 1.60. The van der Waals surface area contributed by atoms with Crippen LogP contribution in [0.15, 0.2) is 48.7 Å². The predicted molar refractivity (Wildman–Crippen MR) is 58.1 cm³/mol. The fraction of sp³-hybridized carbons (Fsp3) is 0.0833. The lowest BCUT2D eigenvalue weighted by Gasteiger charge is -2.17. The van der Waals surface area contributed by atoms with Crippen molar-refractivity contribution in [3.63, 3.8) is 0 Å². The monoisotopic (exact) mass is 201 g/mol. The maximum Gasteiger partial charge on any atom is 0.255 e. The normalized spacial score (nSPS) is 15.1. The zero-order valence-corrected chi connectivity index (χ0v) is 8.18. The van der Waals surface area contributed by atoms with Crippen LogP contribution in [0.3, 0.4) is 0 Å². The Morgan fingerprint density at radius 1 is 1.20 bits per heavy atom. The number of amides is 1. The number of carbonyl (C=O) groups is 1. The number of carbonyl (C=O) groups excluding carboxylic acids is 1. The van der Waals surface area contributed by atoms with Gasteiger partial charge in [0.1, 0.15) is 0 Å². The number of rotatable bonds is 2. The van der Waals surface area contributed by atoms with Gasteiger partial charge < -0.3 is 5.11 Å². The summed E-state index contributed by atoms with van der Waals surface area (Å²) in [4.78, 5) is 13.0. The Hall–Kier alpha value is -1.87. The maximum absolute atomic E-state index is 11.5. The molecule has 15 heavy (non-hydrogen) atoms. The maximum atomic E-state index is 11.5. The number of aliphatic hydroxyl groups is 1. The number of allylic oxidation sites excluding steroid dienone is 1. The summed E-state index contributed by atoms with van der Waals surface area (Å²) in [5.74, 6) is -0.0863. The zero-order valence-electron chi connectivity index (χ0n) is 8.18. The summed E-state index contributed by atoms with van der Waals surface area (Å²) in [7, 11) is 0. The van der Waals surface area contributed by atoms with Gasteiger partial charge >= 0.3 is 0 Å². The summed E-state index contributed by atoms with van der Waals surface area (Å²) in [5.41, 5.74) is 2.26. The molecule has 0 bridgehead atoms. The van der Waals surface area contributed by atoms with Crippen LogP contribution in [0.1, 0.15) is 5.56 Å². The molecule has 0 spiro atoms. The van der Waals surface area contributed by atoms with Gasteiger partial charge in [-0.1, -0.05) is 18.7 Å². The van der Waals surface area contributed by atoms with Crippen LogP contribution < -0.4 is 4.90 Å². The van der Waals surface area contributed by atoms with E-state index in [-0.39, 0.29) is 12.5 Å². The van der Waals surface area contributed by atoms with Gasteiger partial charge in [0.05, 0.1) is 6.61 Å². The third-order valence-electron chi connectivity index (χ3n) is 2.30. The third kappa shape index (κ3) is 1.69. The molecule has 0 aromatic heterocycles. The standard InChI is InChI=1S/C12H11NO2/c1-9-2-7-12(15)13(9)11-5-3-10(8-14)4-6-11/h2-7,14H,1,8H2. The second-order valence-corrected chi connectivity index (χ2v) is 3.32. The van der Waals surface area contributed by atoms with E-state index in [9.17, 15) is 4.79 Å². The highest BCUT2D eigenvalue weighted by atomic mass is 16.3. The van der Waals surface area contributed by atoms with Gasteiger partial charge in [0.2, 0.25) is 0 Å². The molecular formula is C12H11NO2. The van der Waals surface area contributed by atoms with Crippen LogP contribution in [-0.2, 0) is 11.4 Å². The van der Waals surface area contributed by atoms with E-state index in [4.69, 9.17) is 5.11 Å². The average molecular weight is 201 g/mol. The Labute approximate surface area is 88.0 Å². The number of benzene rings is 1. The highest BCUT2D eigenvalue weighted by Gasteiger charge is 2.19. The van der Waals surface area contributed by atoms with Gasteiger partial charge in [0.25, 0.3) is 5.91 Å². The summed E-state index contributed by atoms with van der Waals surface area (Å²) < 4.78 is 0. The van der Waals surface area contributed by atoms with Crippen LogP contribution in [0.25, 0.3) is 0 Å². The number of aliphatic hydroxyl groups excluding tert-OH is 1. The molecule has 76 valence electrons. The molecule has 1 amide bonds. The van der Waals surface area contributed by atoms with Crippen molar-refractivity contribution in [2.75, 3.05) is 4.90 Å². The molecule has 2 rings (SSSR count). The lowest BCUT2D eigenvalue weighted by Crippen LogP contribution is -2.22. The van der Waals surface area contributed by atoms with E-state index < -0.39 is 0 Å². The molecule has 0 fully saturated rings. The molecule has 0 unspecified atom stereocenters. The fourth-order valence-electron chi connectivity index (χ4n) is 1.50. The Bertz CT molecular complexity index is 413. The molecule has 1 heterocycles. The SMILES string of the molecule is C=C1C=CC(=O)N1c1ccc(CO)cc1. The van der Waals surface area contributed by atoms with Gasteiger partial charge in [-0.2, -0.15) is 0 Å². The number of hydrogen-bond acceptors (Lipinski definition) is 2. The summed E-state index contributed by atoms with van der Waals surface area (Å²) in [5, 5.41) is 8.89. The third-order valence-corrected chi connectivity index (χ3v) is 2.30. The first-order valence-electron chi connectivity index (χ1n) is 4.63. The molecule has 0 radical (unpaired) electrons. The summed E-state index contributed by atoms with van der Waals surface area (Å²) in [6.07, 6.45) is 3.17. The second kappa shape index (κ2) is 3.71. The van der Waals surface area contributed by atoms with E-state index in [0.29, 0.717) is 5.70 Å². The van der Waals surface area contributed by atoms with Crippen molar-refractivity contribution in [3.05, 3.63) is 54.3 Å². The van der Waals surface area contributed by atoms with Crippen LogP contribution >= 0.6 is 0 Å². The van der Waals surface area contributed by atoms with Gasteiger partial charge in [0.15, 0.2) is 0 Å². The van der Waals surface area contributed by atoms with Gasteiger partial charge in [-0.15, -0.1) is 0 Å². The first-order chi connectivity index (χ1) is 7.22. The molecule has 0 saturated heterocycles. The Morgan fingerprint density at radius 2 is 1.87 bits per heavy atom. The zero-order chi connectivity index (χ0) is 10.8. The van der Waals surface area contributed by atoms with Crippen LogP contribution in [-0.4, -0.2) is 11.0 Å². The molecule has 0 aliphatic carbocycles. The van der Waals surface area contributed by atoms with E-state index in [1.807, 2.05) is 0 Å². The van der Waals surface area contributed by atoms with Crippen molar-refractivity contribution < 1.29 is 9.90 Å². The molecule has 3 nitrogen and oxygen atoms in total. The lowest BCUT2D eigenvalue weighted by molar-refractivity contribution is -0.113. The Balaban J connectivity index is 2.30. The highest BCUT2D eigenvalue weighted by molar-refractivity contribution is 6.07. The molecule has 1 aromatic rings. The number of nitrogens with zero attached hydrogens (tertiary/aromatic N) is 1. The average Bonchev–Trinajstić information content (AvgIpc) is 2.59. The first kappa shape index (κ1) is 9.68. The summed E-state index contributed by atoms with van der Waals surface area (Å²) in [6, 6.07) is 7.16. The van der Waals surface area contributed by atoms with E-state index >= 15 is 0 Å². The van der Waals surface area contributed by atoms with Crippen molar-refractivity contribution in [2.45, 2.75) is 6.61 Å². The molecule has 1 aromatic carbocycles. The van der Waals surface area contributed by atoms with Crippen LogP contribution in [0, 0.1) is 0 Å². The van der Waals surface area contributed by atoms with Gasteiger partial charge in [-0.3, -0.25) is 9.69 Å². The Morgan fingerprint density at radius 3 is 2.33 bits per heavy atom. The molecule has 0 atom stereocenters. The molecule has 1 aliphatic heterocycles. The molecular weight excluding hydrogens is 190 g/mol. The van der Waals surface area contributed by atoms with E-state index in [2.05, 4.69) is 6.58 Å². The summed E-state index contributed by atoms with van der Waals surface area (Å²) in [6.45, 7) is 3.78. The van der Waals surface area contributed by atoms with Crippen LogP contribution in [0.5, 0.6) is 0 Å². The van der Waals surface area contributed by atoms with Crippen molar-refractivity contribution in [1.29, 1.82) is 0 Å². The van der Waals surface area contributed by atoms with Gasteiger partial charge in [0, 0.05) is 17.5 Å². The van der Waals surface area contributed by atoms with Gasteiger partial charge in [-0.05, 0) is 23.8 Å². The topological polar surface area (TPSA) is 40.5 Å². The highest BCUT2D eigenvalue weighted by Crippen LogP contribution is 2.23. The van der Waals surface area contributed by atoms with Crippen LogP contribution in [0.2, 0.25) is 0 Å². The smallest absolute Gasteiger partial charge is 0.255 e. The molecule has 3 heteroatoms.